The van der Waals surface area contributed by atoms with Crippen LogP contribution in [0.15, 0.2) is 0 Å². The molecule has 1 spiro atoms. The zero-order valence-corrected chi connectivity index (χ0v) is 21.7. The summed E-state index contributed by atoms with van der Waals surface area (Å²) < 4.78 is 13.1. The van der Waals surface area contributed by atoms with Gasteiger partial charge < -0.3 is 35.0 Å². The number of fused-ring (bicyclic) bond motifs is 5. The fraction of sp³-hybridized carbons (Fsp3) is 0.926. The minimum absolute atomic E-state index is 0.00967. The van der Waals surface area contributed by atoms with Gasteiger partial charge in [0.05, 0.1) is 18.8 Å². The fourth-order valence-electron chi connectivity index (χ4n) is 9.70. The van der Waals surface area contributed by atoms with Crippen LogP contribution in [-0.4, -0.2) is 73.8 Å². The van der Waals surface area contributed by atoms with Gasteiger partial charge in [0, 0.05) is 17.8 Å². The van der Waals surface area contributed by atoms with Crippen molar-refractivity contribution in [3.8, 4) is 0 Å². The zero-order valence-electron chi connectivity index (χ0n) is 21.7. The molecule has 2 heterocycles. The van der Waals surface area contributed by atoms with Crippen LogP contribution in [0.1, 0.15) is 72.6 Å². The summed E-state index contributed by atoms with van der Waals surface area (Å²) in [7, 11) is 0. The third-order valence-electron chi connectivity index (χ3n) is 11.6. The number of aliphatic hydroxyl groups is 3. The predicted octanol–water partition coefficient (Wildman–Crippen LogP) is 2.25. The van der Waals surface area contributed by atoms with Crippen LogP contribution >= 0.6 is 0 Å². The number of aliphatic hydroxyl groups excluding tert-OH is 2. The summed E-state index contributed by atoms with van der Waals surface area (Å²) in [6, 6.07) is 0. The van der Waals surface area contributed by atoms with Crippen LogP contribution in [0, 0.1) is 46.3 Å². The number of rotatable bonds is 4. The molecule has 5 N–H and O–H groups in total. The van der Waals surface area contributed by atoms with Crippen LogP contribution in [0.2, 0.25) is 0 Å². The highest BCUT2D eigenvalue weighted by molar-refractivity contribution is 5.80. The van der Waals surface area contributed by atoms with Gasteiger partial charge in [-0.2, -0.15) is 0 Å². The molecule has 3 aliphatic carbocycles. The Morgan fingerprint density at radius 3 is 2.33 bits per heavy atom. The van der Waals surface area contributed by atoms with E-state index < -0.39 is 47.4 Å². The maximum atomic E-state index is 12.3. The Hall–Kier alpha value is -1.26. The first-order valence-corrected chi connectivity index (χ1v) is 13.6. The van der Waals surface area contributed by atoms with E-state index in [1.165, 1.54) is 6.92 Å². The van der Waals surface area contributed by atoms with Gasteiger partial charge in [-0.25, -0.2) is 9.59 Å². The highest BCUT2D eigenvalue weighted by Gasteiger charge is 2.73. The van der Waals surface area contributed by atoms with E-state index in [1.54, 1.807) is 0 Å². The number of carbonyl (C=O) groups is 2. The van der Waals surface area contributed by atoms with E-state index in [9.17, 15) is 35.1 Å². The standard InChI is InChI=1S/C27H42O9/c1-13-5-8-26(35-12-13)14(2)21-19(36-26)10-17-15-9-20(29)27(34,23(32)33)25(4,11-18(28)22(30)31)16(15)6-7-24(17,21)3/h13-21,28-29,34H,5-12H2,1-4H3,(H,30,31)(H,32,33)/t13-,14+,15-,16+,17+,18+,19+,20-,21+,24+,25-,26-,27-/m1/s1. The van der Waals surface area contributed by atoms with E-state index in [1.807, 2.05) is 0 Å². The smallest absolute Gasteiger partial charge is 0.339 e. The average Bonchev–Trinajstić information content (AvgIpc) is 3.24. The van der Waals surface area contributed by atoms with E-state index in [-0.39, 0.29) is 47.5 Å². The fourth-order valence-corrected chi connectivity index (χ4v) is 9.70. The van der Waals surface area contributed by atoms with Crippen LogP contribution in [-0.2, 0) is 19.1 Å². The third-order valence-corrected chi connectivity index (χ3v) is 11.6. The lowest BCUT2D eigenvalue weighted by Gasteiger charge is -2.62. The molecule has 5 rings (SSSR count). The quantitative estimate of drug-likeness (QED) is 0.383. The van der Waals surface area contributed by atoms with E-state index in [0.29, 0.717) is 18.9 Å². The lowest BCUT2D eigenvalue weighted by Crippen LogP contribution is -2.70. The summed E-state index contributed by atoms with van der Waals surface area (Å²) in [5.41, 5.74) is -4.17. The summed E-state index contributed by atoms with van der Waals surface area (Å²) in [6.07, 6.45) is 0.368. The second-order valence-corrected chi connectivity index (χ2v) is 13.2. The van der Waals surface area contributed by atoms with Crippen molar-refractivity contribution >= 4 is 11.9 Å². The predicted molar refractivity (Wildman–Crippen MR) is 127 cm³/mol. The van der Waals surface area contributed by atoms with Gasteiger partial charge in [-0.05, 0) is 73.5 Å². The molecule has 9 nitrogen and oxygen atoms in total. The highest BCUT2D eigenvalue weighted by Crippen LogP contribution is 2.71. The molecule has 9 heteroatoms. The first-order valence-electron chi connectivity index (χ1n) is 13.6. The zero-order chi connectivity index (χ0) is 26.4. The molecule has 204 valence electrons. The van der Waals surface area contributed by atoms with E-state index in [4.69, 9.17) is 9.47 Å². The molecule has 13 atom stereocenters. The number of ether oxygens (including phenoxy) is 2. The van der Waals surface area contributed by atoms with Crippen molar-refractivity contribution in [1.29, 1.82) is 0 Å². The molecule has 0 aromatic heterocycles. The Morgan fingerprint density at radius 1 is 1.06 bits per heavy atom. The van der Waals surface area contributed by atoms with E-state index in [2.05, 4.69) is 20.8 Å². The molecular formula is C27H42O9. The van der Waals surface area contributed by atoms with Crippen molar-refractivity contribution in [2.45, 2.75) is 102 Å². The minimum atomic E-state index is -2.55. The molecule has 3 saturated carbocycles. The van der Waals surface area contributed by atoms with Crippen molar-refractivity contribution in [2.24, 2.45) is 46.3 Å². The largest absolute Gasteiger partial charge is 0.479 e. The van der Waals surface area contributed by atoms with Crippen molar-refractivity contribution in [3.63, 3.8) is 0 Å². The van der Waals surface area contributed by atoms with Crippen molar-refractivity contribution in [1.82, 2.24) is 0 Å². The van der Waals surface area contributed by atoms with Gasteiger partial charge in [0.15, 0.2) is 17.5 Å². The monoisotopic (exact) mass is 510 g/mol. The first-order chi connectivity index (χ1) is 16.7. The molecule has 5 fully saturated rings. The van der Waals surface area contributed by atoms with Crippen molar-refractivity contribution in [2.75, 3.05) is 6.61 Å². The van der Waals surface area contributed by atoms with Gasteiger partial charge in [-0.15, -0.1) is 0 Å². The molecule has 36 heavy (non-hydrogen) atoms. The number of aliphatic carboxylic acids is 2. The number of hydrogen-bond acceptors (Lipinski definition) is 7. The molecule has 2 aliphatic heterocycles. The molecule has 0 amide bonds. The number of hydrogen-bond donors (Lipinski definition) is 5. The van der Waals surface area contributed by atoms with Crippen molar-refractivity contribution < 1.29 is 44.6 Å². The molecule has 5 aliphatic rings. The lowest BCUT2D eigenvalue weighted by atomic mass is 9.44. The van der Waals surface area contributed by atoms with Gasteiger partial charge in [0.2, 0.25) is 0 Å². The summed E-state index contributed by atoms with van der Waals surface area (Å²) in [6.45, 7) is 8.94. The van der Waals surface area contributed by atoms with Crippen LogP contribution in [0.4, 0.5) is 0 Å². The van der Waals surface area contributed by atoms with Crippen LogP contribution in [0.5, 0.6) is 0 Å². The van der Waals surface area contributed by atoms with Crippen molar-refractivity contribution in [3.05, 3.63) is 0 Å². The average molecular weight is 511 g/mol. The topological polar surface area (TPSA) is 154 Å². The second kappa shape index (κ2) is 8.37. The molecular weight excluding hydrogens is 468 g/mol. The maximum Gasteiger partial charge on any atom is 0.339 e. The Morgan fingerprint density at radius 2 is 1.75 bits per heavy atom. The summed E-state index contributed by atoms with van der Waals surface area (Å²) in [5, 5.41) is 52.2. The Kier molecular flexibility index (Phi) is 6.13. The summed E-state index contributed by atoms with van der Waals surface area (Å²) in [4.78, 5) is 23.9. The molecule has 2 saturated heterocycles. The highest BCUT2D eigenvalue weighted by atomic mass is 16.7. The normalized spacial score (nSPS) is 55.0. The minimum Gasteiger partial charge on any atom is -0.479 e. The third kappa shape index (κ3) is 3.32. The van der Waals surface area contributed by atoms with Gasteiger partial charge in [0.25, 0.3) is 0 Å². The SMILES string of the molecule is C[C@@H]1CC[C@@]2(OC1)O[C@H]1C[C@H]3[C@@H]4C[C@@H](O)[C@@](O)(C(=O)O)[C@](C)(C[C@H](O)C(=O)O)[C@H]4CC[C@]3(C)[C@H]1[C@@H]2C. The van der Waals surface area contributed by atoms with Crippen LogP contribution < -0.4 is 0 Å². The number of carboxylic acid groups (broad SMARTS) is 2. The second-order valence-electron chi connectivity index (χ2n) is 13.2. The van der Waals surface area contributed by atoms with E-state index >= 15 is 0 Å². The van der Waals surface area contributed by atoms with Gasteiger partial charge in [0.1, 0.15) is 0 Å². The molecule has 0 unspecified atom stereocenters. The van der Waals surface area contributed by atoms with Gasteiger partial charge >= 0.3 is 11.9 Å². The molecule has 0 bridgehead atoms. The molecule has 0 radical (unpaired) electrons. The Bertz CT molecular complexity index is 915. The Labute approximate surface area is 212 Å². The number of carboxylic acids is 2. The summed E-state index contributed by atoms with van der Waals surface area (Å²) in [5.74, 6) is -2.96. The van der Waals surface area contributed by atoms with Gasteiger partial charge in [-0.3, -0.25) is 0 Å². The molecule has 0 aromatic carbocycles. The van der Waals surface area contributed by atoms with Crippen LogP contribution in [0.25, 0.3) is 0 Å². The van der Waals surface area contributed by atoms with Gasteiger partial charge in [-0.1, -0.05) is 27.7 Å². The maximum absolute atomic E-state index is 12.3. The van der Waals surface area contributed by atoms with Crippen LogP contribution in [0.3, 0.4) is 0 Å². The molecule has 0 aromatic rings. The lowest BCUT2D eigenvalue weighted by molar-refractivity contribution is -0.276. The Balaban J connectivity index is 1.47. The van der Waals surface area contributed by atoms with E-state index in [0.717, 1.165) is 25.7 Å². The first kappa shape index (κ1) is 26.4. The summed E-state index contributed by atoms with van der Waals surface area (Å²) >= 11 is 0.